The summed E-state index contributed by atoms with van der Waals surface area (Å²) in [6, 6.07) is 0. The molecule has 0 unspecified atom stereocenters. The van der Waals surface area contributed by atoms with Crippen LogP contribution >= 0.6 is 0 Å². The number of carbonyl (C=O) groups is 2. The van der Waals surface area contributed by atoms with Gasteiger partial charge in [-0.25, -0.2) is 0 Å². The number of rotatable bonds is 3. The third-order valence-corrected chi connectivity index (χ3v) is 6.35. The number of nitrogens with zero attached hydrogens (tertiary/aromatic N) is 2. The maximum atomic E-state index is 13.3. The Balaban J connectivity index is 1.50. The van der Waals surface area contributed by atoms with Crippen molar-refractivity contribution in [2.24, 2.45) is 17.8 Å². The zero-order valence-corrected chi connectivity index (χ0v) is 15.3. The predicted molar refractivity (Wildman–Crippen MR) is 91.2 cm³/mol. The summed E-state index contributed by atoms with van der Waals surface area (Å²) in [6.45, 7) is 2.66. The molecule has 7 heteroatoms. The molecule has 1 saturated carbocycles. The fraction of sp³-hybridized carbons (Fsp3) is 0.895. The van der Waals surface area contributed by atoms with Gasteiger partial charge in [-0.3, -0.25) is 9.59 Å². The number of hydrogen-bond acceptors (Lipinski definition) is 2. The van der Waals surface area contributed by atoms with Crippen molar-refractivity contribution in [3.63, 3.8) is 0 Å². The molecule has 0 aromatic rings. The number of amides is 2. The van der Waals surface area contributed by atoms with Crippen LogP contribution in [0.25, 0.3) is 0 Å². The van der Waals surface area contributed by atoms with Crippen LogP contribution < -0.4 is 0 Å². The lowest BCUT2D eigenvalue weighted by Crippen LogP contribution is -2.47. The Labute approximate surface area is 153 Å². The number of halogens is 3. The van der Waals surface area contributed by atoms with Crippen LogP contribution in [0, 0.1) is 17.8 Å². The van der Waals surface area contributed by atoms with Gasteiger partial charge in [-0.15, -0.1) is 0 Å². The second-order valence-electron chi connectivity index (χ2n) is 8.10. The number of likely N-dealkylation sites (tertiary alicyclic amines) is 2. The minimum absolute atomic E-state index is 0.0701. The summed E-state index contributed by atoms with van der Waals surface area (Å²) in [5.41, 5.74) is 0. The lowest BCUT2D eigenvalue weighted by Gasteiger charge is -2.38. The summed E-state index contributed by atoms with van der Waals surface area (Å²) >= 11 is 0. The number of carbonyl (C=O) groups excluding carboxylic acids is 2. The zero-order chi connectivity index (χ0) is 18.7. The Morgan fingerprint density at radius 1 is 0.808 bits per heavy atom. The molecule has 0 radical (unpaired) electrons. The van der Waals surface area contributed by atoms with Crippen molar-refractivity contribution in [3.8, 4) is 0 Å². The summed E-state index contributed by atoms with van der Waals surface area (Å²) in [5.74, 6) is -2.28. The first kappa shape index (κ1) is 19.5. The van der Waals surface area contributed by atoms with Crippen molar-refractivity contribution >= 4 is 11.8 Å². The van der Waals surface area contributed by atoms with E-state index in [1.54, 1.807) is 4.90 Å². The fourth-order valence-corrected chi connectivity index (χ4v) is 4.75. The van der Waals surface area contributed by atoms with Crippen LogP contribution in [0.3, 0.4) is 0 Å². The van der Waals surface area contributed by atoms with Crippen molar-refractivity contribution in [3.05, 3.63) is 0 Å². The summed E-state index contributed by atoms with van der Waals surface area (Å²) in [5, 5.41) is 0. The van der Waals surface area contributed by atoms with Crippen molar-refractivity contribution in [2.45, 2.75) is 64.0 Å². The first-order valence-electron chi connectivity index (χ1n) is 9.99. The summed E-state index contributed by atoms with van der Waals surface area (Å²) in [7, 11) is 0. The quantitative estimate of drug-likeness (QED) is 0.757. The number of hydrogen-bond donors (Lipinski definition) is 0. The van der Waals surface area contributed by atoms with E-state index in [0.29, 0.717) is 51.6 Å². The summed E-state index contributed by atoms with van der Waals surface area (Å²) < 4.78 is 39.8. The molecule has 3 fully saturated rings. The molecule has 2 amide bonds. The van der Waals surface area contributed by atoms with Gasteiger partial charge >= 0.3 is 6.18 Å². The van der Waals surface area contributed by atoms with Gasteiger partial charge in [-0.05, 0) is 44.4 Å². The van der Waals surface area contributed by atoms with Gasteiger partial charge in [0.2, 0.25) is 11.8 Å². The standard InChI is InChI=1S/C19H29F3N2O2/c20-19(21,22)16-6-2-1-5-15(16)18(26)24-11-7-14(8-12-24)13-17(25)23-9-3-4-10-23/h14-16H,1-13H2/t15-,16-/m0/s1. The SMILES string of the molecule is O=C(CC1CCN(C(=O)[C@H]2CCCC[C@@H]2C(F)(F)F)CC1)N1CCCC1. The molecule has 0 aromatic carbocycles. The highest BCUT2D eigenvalue weighted by Gasteiger charge is 2.49. The van der Waals surface area contributed by atoms with Gasteiger partial charge in [-0.2, -0.15) is 13.2 Å². The molecule has 0 spiro atoms. The van der Waals surface area contributed by atoms with Gasteiger partial charge in [-0.1, -0.05) is 12.8 Å². The summed E-state index contributed by atoms with van der Waals surface area (Å²) in [6.07, 6.45) is 1.46. The highest BCUT2D eigenvalue weighted by atomic mass is 19.4. The zero-order valence-electron chi connectivity index (χ0n) is 15.3. The topological polar surface area (TPSA) is 40.6 Å². The van der Waals surface area contributed by atoms with E-state index in [1.807, 2.05) is 4.90 Å². The first-order chi connectivity index (χ1) is 12.4. The lowest BCUT2D eigenvalue weighted by atomic mass is 9.77. The van der Waals surface area contributed by atoms with E-state index in [4.69, 9.17) is 0 Å². The van der Waals surface area contributed by atoms with Gasteiger partial charge in [0.1, 0.15) is 0 Å². The Morgan fingerprint density at radius 3 is 2.04 bits per heavy atom. The third kappa shape index (κ3) is 4.52. The van der Waals surface area contributed by atoms with Crippen molar-refractivity contribution < 1.29 is 22.8 Å². The molecule has 0 bridgehead atoms. The van der Waals surface area contributed by atoms with E-state index in [1.165, 1.54) is 0 Å². The average molecular weight is 374 g/mol. The van der Waals surface area contributed by atoms with Crippen LogP contribution in [0.15, 0.2) is 0 Å². The molecule has 4 nitrogen and oxygen atoms in total. The van der Waals surface area contributed by atoms with Gasteiger partial charge in [0.25, 0.3) is 0 Å². The largest absolute Gasteiger partial charge is 0.392 e. The molecule has 2 aliphatic heterocycles. The molecule has 2 atom stereocenters. The van der Waals surface area contributed by atoms with Crippen molar-refractivity contribution in [1.82, 2.24) is 9.80 Å². The van der Waals surface area contributed by atoms with Gasteiger partial charge in [0.15, 0.2) is 0 Å². The normalized spacial score (nSPS) is 28.4. The molecular weight excluding hydrogens is 345 g/mol. The third-order valence-electron chi connectivity index (χ3n) is 6.35. The Kier molecular flexibility index (Phi) is 6.13. The molecule has 3 rings (SSSR count). The van der Waals surface area contributed by atoms with Crippen LogP contribution in [-0.4, -0.2) is 54.0 Å². The average Bonchev–Trinajstić information content (AvgIpc) is 3.16. The highest BCUT2D eigenvalue weighted by molar-refractivity contribution is 5.79. The van der Waals surface area contributed by atoms with Crippen LogP contribution in [0.5, 0.6) is 0 Å². The molecule has 148 valence electrons. The molecule has 1 aliphatic carbocycles. The van der Waals surface area contributed by atoms with Gasteiger partial charge in [0, 0.05) is 38.5 Å². The monoisotopic (exact) mass is 374 g/mol. The molecule has 2 heterocycles. The molecule has 26 heavy (non-hydrogen) atoms. The van der Waals surface area contributed by atoms with Crippen molar-refractivity contribution in [1.29, 1.82) is 0 Å². The maximum absolute atomic E-state index is 13.3. The van der Waals surface area contributed by atoms with E-state index in [0.717, 1.165) is 25.9 Å². The molecule has 0 N–H and O–H groups in total. The fourth-order valence-electron chi connectivity index (χ4n) is 4.75. The predicted octanol–water partition coefficient (Wildman–Crippen LogP) is 3.61. The van der Waals surface area contributed by atoms with Crippen LogP contribution in [0.1, 0.15) is 57.8 Å². The van der Waals surface area contributed by atoms with E-state index >= 15 is 0 Å². The second-order valence-corrected chi connectivity index (χ2v) is 8.10. The Hall–Kier alpha value is -1.27. The van der Waals surface area contributed by atoms with E-state index in [-0.39, 0.29) is 24.2 Å². The maximum Gasteiger partial charge on any atom is 0.392 e. The van der Waals surface area contributed by atoms with Gasteiger partial charge < -0.3 is 9.80 Å². The van der Waals surface area contributed by atoms with Crippen LogP contribution in [0.2, 0.25) is 0 Å². The Bertz CT molecular complexity index is 509. The van der Waals surface area contributed by atoms with Crippen LogP contribution in [0.4, 0.5) is 13.2 Å². The number of piperidine rings is 1. The minimum Gasteiger partial charge on any atom is -0.343 e. The Morgan fingerprint density at radius 2 is 1.42 bits per heavy atom. The van der Waals surface area contributed by atoms with E-state index in [2.05, 4.69) is 0 Å². The first-order valence-corrected chi connectivity index (χ1v) is 9.99. The molecule has 3 aliphatic rings. The van der Waals surface area contributed by atoms with Crippen LogP contribution in [-0.2, 0) is 9.59 Å². The minimum atomic E-state index is -4.29. The summed E-state index contributed by atoms with van der Waals surface area (Å²) in [4.78, 5) is 28.5. The van der Waals surface area contributed by atoms with Gasteiger partial charge in [0.05, 0.1) is 5.92 Å². The molecule has 2 saturated heterocycles. The lowest BCUT2D eigenvalue weighted by molar-refractivity contribution is -0.201. The smallest absolute Gasteiger partial charge is 0.343 e. The molecular formula is C19H29F3N2O2. The van der Waals surface area contributed by atoms with E-state index < -0.39 is 18.0 Å². The van der Waals surface area contributed by atoms with E-state index in [9.17, 15) is 22.8 Å². The van der Waals surface area contributed by atoms with Crippen molar-refractivity contribution in [2.75, 3.05) is 26.2 Å². The molecule has 0 aromatic heterocycles. The highest BCUT2D eigenvalue weighted by Crippen LogP contribution is 2.42. The second kappa shape index (κ2) is 8.17. The number of alkyl halides is 3.